The van der Waals surface area contributed by atoms with Crippen molar-refractivity contribution in [1.82, 2.24) is 0 Å². The van der Waals surface area contributed by atoms with Gasteiger partial charge in [0.15, 0.2) is 6.29 Å². The zero-order valence-corrected chi connectivity index (χ0v) is 23.5. The van der Waals surface area contributed by atoms with Gasteiger partial charge in [0.05, 0.1) is 31.0 Å². The maximum atomic E-state index is 13.2. The second-order valence-corrected chi connectivity index (χ2v) is 11.2. The molecule has 17 heteroatoms. The SMILES string of the molecule is O=C(OC[C@H]1O[C@@H](Oc2ccc(O)cc2)[C@H](O)[C@@H](O)[C@@H]1O)C1=CO[C@@H](O[C@@H]2O[C@H](CO)[C@@H](O)[C@H](O)[C@H]2O)C2C1C=C[C@]2(O)CO. The highest BCUT2D eigenvalue weighted by atomic mass is 16.8. The predicted molar refractivity (Wildman–Crippen MR) is 142 cm³/mol. The number of esters is 1. The number of rotatable bonds is 9. The number of fused-ring (bicyclic) bond motifs is 1. The highest BCUT2D eigenvalue weighted by Gasteiger charge is 2.56. The van der Waals surface area contributed by atoms with Gasteiger partial charge in [-0.1, -0.05) is 12.2 Å². The van der Waals surface area contributed by atoms with E-state index in [0.717, 1.165) is 6.26 Å². The quantitative estimate of drug-likeness (QED) is 0.0899. The standard InChI is InChI=1S/C28H36O17/c29-7-15-18(32)20(34)23(37)27(43-15)45-25-17-13(5-6-28(17,39)10-30)14(8-41-25)24(38)40-9-16-19(33)21(35)22(36)26(44-16)42-12-3-1-11(31)2-4-12/h1-6,8,13,15-23,25-27,29-37,39H,7,9-10H2/t13?,15-,16-,17?,18-,19-,20+,21+,22-,23-,25+,26-,27+,28+/m1/s1. The molecule has 0 aromatic heterocycles. The fourth-order valence-electron chi connectivity index (χ4n) is 5.64. The Bertz CT molecular complexity index is 1240. The van der Waals surface area contributed by atoms with E-state index in [4.69, 9.17) is 28.4 Å². The first-order valence-corrected chi connectivity index (χ1v) is 14.0. The number of phenols is 1. The van der Waals surface area contributed by atoms with Crippen LogP contribution in [0, 0.1) is 11.8 Å². The number of allylic oxidation sites excluding steroid dienone is 1. The second-order valence-electron chi connectivity index (χ2n) is 11.2. The van der Waals surface area contributed by atoms with Crippen LogP contribution in [0.3, 0.4) is 0 Å². The highest BCUT2D eigenvalue weighted by Crippen LogP contribution is 2.45. The Balaban J connectivity index is 1.27. The minimum Gasteiger partial charge on any atom is -0.508 e. The Labute approximate surface area is 255 Å². The van der Waals surface area contributed by atoms with Crippen molar-refractivity contribution in [3.63, 3.8) is 0 Å². The molecular formula is C28H36O17. The van der Waals surface area contributed by atoms with Crippen LogP contribution in [0.2, 0.25) is 0 Å². The van der Waals surface area contributed by atoms with E-state index in [9.17, 15) is 55.9 Å². The summed E-state index contributed by atoms with van der Waals surface area (Å²) in [5, 5.41) is 102. The van der Waals surface area contributed by atoms with Gasteiger partial charge in [0.1, 0.15) is 72.5 Å². The van der Waals surface area contributed by atoms with E-state index in [1.54, 1.807) is 0 Å². The summed E-state index contributed by atoms with van der Waals surface area (Å²) in [6.45, 7) is -2.19. The average Bonchev–Trinajstić information content (AvgIpc) is 3.40. The summed E-state index contributed by atoms with van der Waals surface area (Å²) in [4.78, 5) is 13.2. The molecule has 2 unspecified atom stereocenters. The summed E-state index contributed by atoms with van der Waals surface area (Å²) in [5.41, 5.74) is -2.15. The lowest BCUT2D eigenvalue weighted by Crippen LogP contribution is -2.61. The summed E-state index contributed by atoms with van der Waals surface area (Å²) in [6, 6.07) is 5.39. The van der Waals surface area contributed by atoms with Crippen LogP contribution in [-0.4, -0.2) is 150 Å². The smallest absolute Gasteiger partial charge is 0.337 e. The van der Waals surface area contributed by atoms with Crippen molar-refractivity contribution in [2.24, 2.45) is 11.8 Å². The third-order valence-corrected chi connectivity index (χ3v) is 8.28. The van der Waals surface area contributed by atoms with E-state index in [1.807, 2.05) is 0 Å². The van der Waals surface area contributed by atoms with E-state index in [1.165, 1.54) is 36.4 Å². The predicted octanol–water partition coefficient (Wildman–Crippen LogP) is -4.30. The lowest BCUT2D eigenvalue weighted by molar-refractivity contribution is -0.346. The molecule has 250 valence electrons. The van der Waals surface area contributed by atoms with E-state index < -0.39 is 111 Å². The van der Waals surface area contributed by atoms with Crippen molar-refractivity contribution in [3.05, 3.63) is 48.3 Å². The van der Waals surface area contributed by atoms with Crippen LogP contribution >= 0.6 is 0 Å². The Morgan fingerprint density at radius 2 is 1.44 bits per heavy atom. The van der Waals surface area contributed by atoms with Crippen molar-refractivity contribution >= 4 is 5.97 Å². The summed E-state index contributed by atoms with van der Waals surface area (Å²) < 4.78 is 33.0. The third-order valence-electron chi connectivity index (χ3n) is 8.28. The van der Waals surface area contributed by atoms with Gasteiger partial charge in [0, 0.05) is 5.92 Å². The van der Waals surface area contributed by atoms with Crippen LogP contribution in [0.15, 0.2) is 48.3 Å². The molecule has 1 aromatic rings. The molecule has 1 aromatic carbocycles. The van der Waals surface area contributed by atoms with Gasteiger partial charge < -0.3 is 79.5 Å². The number of ether oxygens (including phenoxy) is 6. The van der Waals surface area contributed by atoms with Crippen LogP contribution in [0.5, 0.6) is 11.5 Å². The third kappa shape index (κ3) is 6.53. The number of aliphatic hydroxyl groups excluding tert-OH is 8. The van der Waals surface area contributed by atoms with E-state index >= 15 is 0 Å². The molecule has 2 saturated heterocycles. The largest absolute Gasteiger partial charge is 0.508 e. The normalized spacial score (nSPS) is 42.8. The van der Waals surface area contributed by atoms with Gasteiger partial charge in [0.25, 0.3) is 0 Å². The topological polar surface area (TPSA) is 275 Å². The Hall–Kier alpha value is -2.91. The van der Waals surface area contributed by atoms with Gasteiger partial charge in [-0.25, -0.2) is 4.79 Å². The summed E-state index contributed by atoms with van der Waals surface area (Å²) >= 11 is 0. The number of carbonyl (C=O) groups is 1. The number of aliphatic hydroxyl groups is 9. The molecule has 3 aliphatic heterocycles. The van der Waals surface area contributed by atoms with E-state index in [-0.39, 0.29) is 17.1 Å². The fourth-order valence-corrected chi connectivity index (χ4v) is 5.64. The first-order chi connectivity index (χ1) is 21.4. The number of hydrogen-bond acceptors (Lipinski definition) is 17. The summed E-state index contributed by atoms with van der Waals surface area (Å²) in [6.07, 6.45) is -14.1. The molecule has 10 N–H and O–H groups in total. The summed E-state index contributed by atoms with van der Waals surface area (Å²) in [5.74, 6) is -3.10. The lowest BCUT2D eigenvalue weighted by Gasteiger charge is -2.44. The van der Waals surface area contributed by atoms with Crippen molar-refractivity contribution in [2.45, 2.75) is 73.3 Å². The molecule has 0 saturated carbocycles. The molecule has 5 rings (SSSR count). The first kappa shape index (κ1) is 33.5. The number of hydrogen-bond donors (Lipinski definition) is 10. The van der Waals surface area contributed by atoms with Crippen LogP contribution in [0.4, 0.5) is 0 Å². The molecule has 17 nitrogen and oxygen atoms in total. The van der Waals surface area contributed by atoms with Crippen molar-refractivity contribution in [1.29, 1.82) is 0 Å². The monoisotopic (exact) mass is 644 g/mol. The molecule has 0 amide bonds. The Kier molecular flexibility index (Phi) is 9.99. The number of benzene rings is 1. The van der Waals surface area contributed by atoms with Gasteiger partial charge in [-0.15, -0.1) is 0 Å². The first-order valence-electron chi connectivity index (χ1n) is 14.0. The molecule has 0 spiro atoms. The van der Waals surface area contributed by atoms with Crippen LogP contribution in [0.25, 0.3) is 0 Å². The summed E-state index contributed by atoms with van der Waals surface area (Å²) in [7, 11) is 0. The minimum atomic E-state index is -2.00. The van der Waals surface area contributed by atoms with E-state index in [0.29, 0.717) is 0 Å². The van der Waals surface area contributed by atoms with Gasteiger partial charge >= 0.3 is 5.97 Å². The van der Waals surface area contributed by atoms with Crippen LogP contribution < -0.4 is 4.74 Å². The zero-order chi connectivity index (χ0) is 32.6. The Morgan fingerprint density at radius 1 is 0.822 bits per heavy atom. The van der Waals surface area contributed by atoms with Crippen LogP contribution in [-0.2, 0) is 28.5 Å². The molecule has 0 bridgehead atoms. The maximum Gasteiger partial charge on any atom is 0.337 e. The fraction of sp³-hybridized carbons (Fsp3) is 0.607. The average molecular weight is 645 g/mol. The number of phenolic OH excluding ortho intramolecular Hbond substituents is 1. The van der Waals surface area contributed by atoms with Gasteiger partial charge in [-0.05, 0) is 24.3 Å². The zero-order valence-electron chi connectivity index (χ0n) is 23.5. The molecule has 2 fully saturated rings. The Morgan fingerprint density at radius 3 is 2.09 bits per heavy atom. The maximum absolute atomic E-state index is 13.2. The molecule has 45 heavy (non-hydrogen) atoms. The lowest BCUT2D eigenvalue weighted by atomic mass is 9.79. The molecule has 14 atom stereocenters. The minimum absolute atomic E-state index is 0.0442. The van der Waals surface area contributed by atoms with Gasteiger partial charge in [0.2, 0.25) is 12.6 Å². The highest BCUT2D eigenvalue weighted by molar-refractivity contribution is 5.89. The van der Waals surface area contributed by atoms with Crippen molar-refractivity contribution < 1.29 is 84.3 Å². The number of carbonyl (C=O) groups excluding carboxylic acids is 1. The molecule has 3 heterocycles. The molecule has 4 aliphatic rings. The number of aromatic hydroxyl groups is 1. The van der Waals surface area contributed by atoms with Gasteiger partial charge in [-0.3, -0.25) is 0 Å². The molecule has 0 radical (unpaired) electrons. The van der Waals surface area contributed by atoms with E-state index in [2.05, 4.69) is 0 Å². The molecular weight excluding hydrogens is 608 g/mol. The van der Waals surface area contributed by atoms with Crippen LogP contribution in [0.1, 0.15) is 0 Å². The van der Waals surface area contributed by atoms with Crippen molar-refractivity contribution in [3.8, 4) is 11.5 Å². The van der Waals surface area contributed by atoms with Gasteiger partial charge in [-0.2, -0.15) is 0 Å². The van der Waals surface area contributed by atoms with Crippen molar-refractivity contribution in [2.75, 3.05) is 19.8 Å². The molecule has 1 aliphatic carbocycles. The second kappa shape index (κ2) is 13.4.